The van der Waals surface area contributed by atoms with Crippen LogP contribution in [0.1, 0.15) is 34.9 Å². The molecule has 1 atom stereocenters. The molecule has 2 aliphatic rings. The van der Waals surface area contributed by atoms with E-state index in [0.29, 0.717) is 32.0 Å². The molecule has 0 radical (unpaired) electrons. The summed E-state index contributed by atoms with van der Waals surface area (Å²) < 4.78 is 5.48. The van der Waals surface area contributed by atoms with Gasteiger partial charge in [-0.15, -0.1) is 0 Å². The van der Waals surface area contributed by atoms with Crippen molar-refractivity contribution in [3.8, 4) is 11.1 Å². The van der Waals surface area contributed by atoms with Crippen LogP contribution in [0.3, 0.4) is 0 Å². The minimum absolute atomic E-state index is 0.0873. The highest BCUT2D eigenvalue weighted by molar-refractivity contribution is 5.92. The van der Waals surface area contributed by atoms with Gasteiger partial charge in [-0.1, -0.05) is 0 Å². The van der Waals surface area contributed by atoms with E-state index in [4.69, 9.17) is 9.72 Å². The van der Waals surface area contributed by atoms with Crippen LogP contribution in [-0.4, -0.2) is 75.1 Å². The molecular weight excluding hydrogens is 406 g/mol. The van der Waals surface area contributed by atoms with E-state index in [0.717, 1.165) is 48.7 Å². The van der Waals surface area contributed by atoms with E-state index in [-0.39, 0.29) is 11.8 Å². The Balaban J connectivity index is 1.47. The zero-order valence-electron chi connectivity index (χ0n) is 17.8. The first-order valence-corrected chi connectivity index (χ1v) is 10.9. The van der Waals surface area contributed by atoms with E-state index in [1.165, 1.54) is 6.20 Å². The highest BCUT2D eigenvalue weighted by Gasteiger charge is 2.30. The van der Waals surface area contributed by atoms with Crippen molar-refractivity contribution in [1.29, 1.82) is 0 Å². The van der Waals surface area contributed by atoms with Gasteiger partial charge in [-0.25, -0.2) is 15.0 Å². The number of hydrogen-bond donors (Lipinski definition) is 0. The molecule has 9 heteroatoms. The van der Waals surface area contributed by atoms with E-state index in [1.807, 2.05) is 23.2 Å². The number of nitrogens with zero attached hydrogens (tertiary/aromatic N) is 7. The van der Waals surface area contributed by atoms with Crippen molar-refractivity contribution in [2.45, 2.75) is 18.8 Å². The summed E-state index contributed by atoms with van der Waals surface area (Å²) in [5, 5.41) is 0. The summed E-state index contributed by atoms with van der Waals surface area (Å²) in [6, 6.07) is 3.95. The number of carbonyl (C=O) groups is 1. The number of piperidine rings is 1. The van der Waals surface area contributed by atoms with Crippen LogP contribution in [0.4, 0.5) is 5.95 Å². The van der Waals surface area contributed by atoms with Crippen molar-refractivity contribution < 1.29 is 9.53 Å². The Morgan fingerprint density at radius 2 is 1.81 bits per heavy atom. The van der Waals surface area contributed by atoms with E-state index >= 15 is 0 Å². The molecule has 32 heavy (non-hydrogen) atoms. The van der Waals surface area contributed by atoms with Gasteiger partial charge in [0.15, 0.2) is 0 Å². The lowest BCUT2D eigenvalue weighted by atomic mass is 9.90. The maximum atomic E-state index is 13.0. The maximum absolute atomic E-state index is 13.0. The molecule has 2 saturated heterocycles. The van der Waals surface area contributed by atoms with Crippen molar-refractivity contribution in [1.82, 2.24) is 29.8 Å². The average Bonchev–Trinajstić information content (AvgIpc) is 2.89. The third-order valence-corrected chi connectivity index (χ3v) is 5.97. The Hall–Kier alpha value is -3.46. The number of ether oxygens (including phenoxy) is 1. The lowest BCUT2D eigenvalue weighted by Crippen LogP contribution is -2.40. The van der Waals surface area contributed by atoms with Crippen LogP contribution in [0.25, 0.3) is 11.1 Å². The fraction of sp³-hybridized carbons (Fsp3) is 0.391. The highest BCUT2D eigenvalue weighted by atomic mass is 16.5. The van der Waals surface area contributed by atoms with Gasteiger partial charge in [-0.2, -0.15) is 0 Å². The van der Waals surface area contributed by atoms with Crippen LogP contribution >= 0.6 is 0 Å². The van der Waals surface area contributed by atoms with Gasteiger partial charge in [0.25, 0.3) is 5.91 Å². The molecule has 3 aromatic heterocycles. The van der Waals surface area contributed by atoms with Gasteiger partial charge in [-0.05, 0) is 30.5 Å². The first-order chi connectivity index (χ1) is 15.8. The van der Waals surface area contributed by atoms with Gasteiger partial charge >= 0.3 is 0 Å². The van der Waals surface area contributed by atoms with Gasteiger partial charge in [0.05, 0.1) is 25.1 Å². The largest absolute Gasteiger partial charge is 0.378 e. The predicted molar refractivity (Wildman–Crippen MR) is 118 cm³/mol. The predicted octanol–water partition coefficient (Wildman–Crippen LogP) is 2.18. The molecule has 2 fully saturated rings. The van der Waals surface area contributed by atoms with Crippen molar-refractivity contribution in [3.63, 3.8) is 0 Å². The molecule has 2 aliphatic heterocycles. The first-order valence-electron chi connectivity index (χ1n) is 10.9. The molecule has 1 amide bonds. The molecule has 9 nitrogen and oxygen atoms in total. The fourth-order valence-corrected chi connectivity index (χ4v) is 4.32. The van der Waals surface area contributed by atoms with Crippen LogP contribution < -0.4 is 4.90 Å². The standard InChI is InChI=1S/C23H25N7O2/c31-22(20-15-25-7-8-26-20)30-9-1-2-18(16-30)21-19(17-3-5-24-6-4-17)14-27-23(28-21)29-10-12-32-13-11-29/h3-8,14-15,18H,1-2,9-13,16H2/t18-/m0/s1. The normalized spacial score (nSPS) is 19.1. The van der Waals surface area contributed by atoms with Gasteiger partial charge in [0.2, 0.25) is 5.95 Å². The summed E-state index contributed by atoms with van der Waals surface area (Å²) in [5.74, 6) is 0.740. The summed E-state index contributed by atoms with van der Waals surface area (Å²) >= 11 is 0. The lowest BCUT2D eigenvalue weighted by molar-refractivity contribution is 0.0699. The fourth-order valence-electron chi connectivity index (χ4n) is 4.32. The van der Waals surface area contributed by atoms with Crippen LogP contribution in [0.15, 0.2) is 49.3 Å². The number of amides is 1. The Morgan fingerprint density at radius 1 is 0.969 bits per heavy atom. The van der Waals surface area contributed by atoms with E-state index in [9.17, 15) is 4.79 Å². The number of pyridine rings is 1. The molecule has 0 N–H and O–H groups in total. The van der Waals surface area contributed by atoms with Crippen LogP contribution in [-0.2, 0) is 4.74 Å². The topological polar surface area (TPSA) is 97.2 Å². The summed E-state index contributed by atoms with van der Waals surface area (Å²) in [7, 11) is 0. The van der Waals surface area contributed by atoms with Gasteiger partial charge in [0.1, 0.15) is 5.69 Å². The van der Waals surface area contributed by atoms with Crippen LogP contribution in [0.2, 0.25) is 0 Å². The SMILES string of the molecule is O=C(c1cnccn1)N1CCC[C@H](c2nc(N3CCOCC3)ncc2-c2ccncc2)C1. The second kappa shape index (κ2) is 9.35. The third kappa shape index (κ3) is 4.29. The minimum Gasteiger partial charge on any atom is -0.378 e. The molecule has 3 aromatic rings. The van der Waals surface area contributed by atoms with E-state index in [1.54, 1.807) is 24.8 Å². The molecule has 0 bridgehead atoms. The molecule has 0 aromatic carbocycles. The number of carbonyl (C=O) groups excluding carboxylic acids is 1. The van der Waals surface area contributed by atoms with Gasteiger partial charge < -0.3 is 14.5 Å². The summed E-state index contributed by atoms with van der Waals surface area (Å²) in [4.78, 5) is 39.1. The number of aromatic nitrogens is 5. The summed E-state index contributed by atoms with van der Waals surface area (Å²) in [6.45, 7) is 4.19. The number of morpholine rings is 1. The molecule has 0 saturated carbocycles. The Kier molecular flexibility index (Phi) is 5.98. The van der Waals surface area contributed by atoms with Crippen molar-refractivity contribution in [2.24, 2.45) is 0 Å². The first kappa shape index (κ1) is 20.4. The molecular formula is C23H25N7O2. The Morgan fingerprint density at radius 3 is 2.59 bits per heavy atom. The average molecular weight is 432 g/mol. The minimum atomic E-state index is -0.0873. The second-order valence-corrected chi connectivity index (χ2v) is 7.99. The van der Waals surface area contributed by atoms with E-state index in [2.05, 4.69) is 24.8 Å². The lowest BCUT2D eigenvalue weighted by Gasteiger charge is -2.34. The van der Waals surface area contributed by atoms with E-state index < -0.39 is 0 Å². The van der Waals surface area contributed by atoms with Gasteiger partial charge in [-0.3, -0.25) is 14.8 Å². The molecule has 0 aliphatic carbocycles. The number of rotatable bonds is 4. The number of anilines is 1. The monoisotopic (exact) mass is 431 g/mol. The molecule has 0 unspecified atom stereocenters. The number of hydrogen-bond acceptors (Lipinski definition) is 8. The molecule has 0 spiro atoms. The molecule has 5 rings (SSSR count). The number of likely N-dealkylation sites (tertiary alicyclic amines) is 1. The second-order valence-electron chi connectivity index (χ2n) is 7.99. The van der Waals surface area contributed by atoms with Crippen molar-refractivity contribution in [2.75, 3.05) is 44.3 Å². The van der Waals surface area contributed by atoms with Crippen molar-refractivity contribution >= 4 is 11.9 Å². The Bertz CT molecular complexity index is 1060. The maximum Gasteiger partial charge on any atom is 0.274 e. The quantitative estimate of drug-likeness (QED) is 0.620. The van der Waals surface area contributed by atoms with Crippen LogP contribution in [0.5, 0.6) is 0 Å². The summed E-state index contributed by atoms with van der Waals surface area (Å²) in [6.07, 6.45) is 12.0. The smallest absolute Gasteiger partial charge is 0.274 e. The zero-order chi connectivity index (χ0) is 21.8. The van der Waals surface area contributed by atoms with Gasteiger partial charge in [0, 0.05) is 68.6 Å². The zero-order valence-corrected chi connectivity index (χ0v) is 17.8. The Labute approximate surface area is 186 Å². The summed E-state index contributed by atoms with van der Waals surface area (Å²) in [5.41, 5.74) is 3.37. The van der Waals surface area contributed by atoms with Crippen molar-refractivity contribution in [3.05, 3.63) is 60.7 Å². The highest BCUT2D eigenvalue weighted by Crippen LogP contribution is 2.34. The molecule has 164 valence electrons. The third-order valence-electron chi connectivity index (χ3n) is 5.97. The molecule has 5 heterocycles. The van der Waals surface area contributed by atoms with Crippen LogP contribution in [0, 0.1) is 0 Å².